The molecular weight excluding hydrogens is 132 g/mol. The number of rotatable bonds is 1. The molecule has 0 atom stereocenters. The van der Waals surface area contributed by atoms with Crippen LogP contribution in [0.4, 0.5) is 5.82 Å². The van der Waals surface area contributed by atoms with Crippen LogP contribution in [0.15, 0.2) is 0 Å². The molecule has 5 heteroatoms. The number of hydrogen-bond donors (Lipinski definition) is 3. The van der Waals surface area contributed by atoms with Gasteiger partial charge in [-0.25, -0.2) is 0 Å². The first kappa shape index (κ1) is 6.58. The highest BCUT2D eigenvalue weighted by Gasteiger charge is 2.07. The van der Waals surface area contributed by atoms with Crippen LogP contribution >= 0.6 is 0 Å². The first-order chi connectivity index (χ1) is 4.79. The summed E-state index contributed by atoms with van der Waals surface area (Å²) in [6.07, 6.45) is 0. The van der Waals surface area contributed by atoms with Gasteiger partial charge in [0.25, 0.3) is 0 Å². The molecule has 0 bridgehead atoms. The second-order valence-corrected chi connectivity index (χ2v) is 1.73. The Hall–Kier alpha value is -1.54. The fourth-order valence-electron chi connectivity index (χ4n) is 0.634. The van der Waals surface area contributed by atoms with E-state index in [-0.39, 0.29) is 18.0 Å². The minimum absolute atomic E-state index is 0.201. The van der Waals surface area contributed by atoms with Crippen LogP contribution in [0, 0.1) is 11.3 Å². The molecule has 0 aliphatic rings. The standard InChI is InChI=1S/C5H6N4O/c6-1-3-4(2-10)8-9-5(3)7/h10H,2H2,(H3,7,8,9). The summed E-state index contributed by atoms with van der Waals surface area (Å²) in [5, 5.41) is 23.0. The van der Waals surface area contributed by atoms with Gasteiger partial charge in [-0.2, -0.15) is 10.4 Å². The zero-order chi connectivity index (χ0) is 7.56. The normalized spacial score (nSPS) is 9.20. The van der Waals surface area contributed by atoms with Crippen molar-refractivity contribution in [2.45, 2.75) is 6.61 Å². The van der Waals surface area contributed by atoms with Gasteiger partial charge in [0.1, 0.15) is 23.1 Å². The molecule has 0 radical (unpaired) electrons. The predicted octanol–water partition coefficient (Wildman–Crippen LogP) is -0.644. The number of aromatic nitrogens is 2. The third kappa shape index (κ3) is 0.806. The summed E-state index contributed by atoms with van der Waals surface area (Å²) < 4.78 is 0. The van der Waals surface area contributed by atoms with E-state index in [1.54, 1.807) is 0 Å². The number of nitrogens with two attached hydrogens (primary N) is 1. The fraction of sp³-hybridized carbons (Fsp3) is 0.200. The summed E-state index contributed by atoms with van der Waals surface area (Å²) in [6.45, 7) is -0.267. The molecule has 52 valence electrons. The molecule has 0 saturated carbocycles. The molecule has 0 amide bonds. The largest absolute Gasteiger partial charge is 0.390 e. The van der Waals surface area contributed by atoms with Crippen molar-refractivity contribution in [2.75, 3.05) is 5.73 Å². The summed E-state index contributed by atoms with van der Waals surface area (Å²) in [6, 6.07) is 1.82. The zero-order valence-corrected chi connectivity index (χ0v) is 5.13. The lowest BCUT2D eigenvalue weighted by Gasteiger charge is -1.85. The van der Waals surface area contributed by atoms with Gasteiger partial charge in [-0.3, -0.25) is 5.10 Å². The third-order valence-corrected chi connectivity index (χ3v) is 1.13. The summed E-state index contributed by atoms with van der Waals surface area (Å²) in [4.78, 5) is 0. The van der Waals surface area contributed by atoms with E-state index < -0.39 is 0 Å². The summed E-state index contributed by atoms with van der Waals surface area (Å²) in [5.41, 5.74) is 5.79. The smallest absolute Gasteiger partial charge is 0.137 e. The molecule has 0 spiro atoms. The summed E-state index contributed by atoms with van der Waals surface area (Å²) in [5.74, 6) is 0.201. The van der Waals surface area contributed by atoms with Crippen LogP contribution in [0.3, 0.4) is 0 Å². The van der Waals surface area contributed by atoms with Crippen molar-refractivity contribution in [1.82, 2.24) is 10.2 Å². The van der Waals surface area contributed by atoms with Crippen LogP contribution in [-0.2, 0) is 6.61 Å². The number of hydrogen-bond acceptors (Lipinski definition) is 4. The number of nitrogens with zero attached hydrogens (tertiary/aromatic N) is 2. The van der Waals surface area contributed by atoms with Crippen LogP contribution in [0.5, 0.6) is 0 Å². The Morgan fingerprint density at radius 2 is 2.50 bits per heavy atom. The predicted molar refractivity (Wildman–Crippen MR) is 33.6 cm³/mol. The second-order valence-electron chi connectivity index (χ2n) is 1.73. The van der Waals surface area contributed by atoms with E-state index in [9.17, 15) is 0 Å². The van der Waals surface area contributed by atoms with Crippen molar-refractivity contribution in [3.8, 4) is 6.07 Å². The van der Waals surface area contributed by atoms with Crippen molar-refractivity contribution in [1.29, 1.82) is 5.26 Å². The lowest BCUT2D eigenvalue weighted by molar-refractivity contribution is 0.276. The Bertz CT molecular complexity index is 272. The minimum Gasteiger partial charge on any atom is -0.390 e. The molecular formula is C5H6N4O. The second kappa shape index (κ2) is 2.37. The quantitative estimate of drug-likeness (QED) is 0.480. The molecule has 1 aromatic rings. The van der Waals surface area contributed by atoms with Gasteiger partial charge in [0.2, 0.25) is 0 Å². The van der Waals surface area contributed by atoms with Gasteiger partial charge < -0.3 is 10.8 Å². The van der Waals surface area contributed by atoms with E-state index in [2.05, 4.69) is 10.2 Å². The van der Waals surface area contributed by atoms with Gasteiger partial charge >= 0.3 is 0 Å². The van der Waals surface area contributed by atoms with Crippen LogP contribution in [0.2, 0.25) is 0 Å². The van der Waals surface area contributed by atoms with E-state index in [1.165, 1.54) is 0 Å². The molecule has 1 heterocycles. The number of nitrogen functional groups attached to an aromatic ring is 1. The maximum Gasteiger partial charge on any atom is 0.137 e. The monoisotopic (exact) mass is 138 g/mol. The maximum atomic E-state index is 8.57. The highest BCUT2D eigenvalue weighted by atomic mass is 16.3. The Kier molecular flexibility index (Phi) is 1.56. The van der Waals surface area contributed by atoms with Gasteiger partial charge in [0.15, 0.2) is 0 Å². The van der Waals surface area contributed by atoms with Crippen molar-refractivity contribution < 1.29 is 5.11 Å². The molecule has 0 fully saturated rings. The van der Waals surface area contributed by atoms with Gasteiger partial charge in [-0.1, -0.05) is 0 Å². The Morgan fingerprint density at radius 3 is 2.90 bits per heavy atom. The van der Waals surface area contributed by atoms with Crippen molar-refractivity contribution in [3.05, 3.63) is 11.3 Å². The van der Waals surface area contributed by atoms with E-state index in [4.69, 9.17) is 16.1 Å². The zero-order valence-electron chi connectivity index (χ0n) is 5.13. The molecule has 0 aliphatic carbocycles. The fourth-order valence-corrected chi connectivity index (χ4v) is 0.634. The van der Waals surface area contributed by atoms with Crippen LogP contribution in [0.1, 0.15) is 11.3 Å². The summed E-state index contributed by atoms with van der Waals surface area (Å²) >= 11 is 0. The third-order valence-electron chi connectivity index (χ3n) is 1.13. The van der Waals surface area contributed by atoms with E-state index in [0.29, 0.717) is 5.69 Å². The van der Waals surface area contributed by atoms with Gasteiger partial charge in [0.05, 0.1) is 6.61 Å². The van der Waals surface area contributed by atoms with Gasteiger partial charge in [0, 0.05) is 0 Å². The van der Waals surface area contributed by atoms with Gasteiger partial charge in [-0.15, -0.1) is 0 Å². The Morgan fingerprint density at radius 1 is 1.80 bits per heavy atom. The molecule has 5 nitrogen and oxygen atoms in total. The van der Waals surface area contributed by atoms with E-state index >= 15 is 0 Å². The van der Waals surface area contributed by atoms with Crippen molar-refractivity contribution in [3.63, 3.8) is 0 Å². The molecule has 0 unspecified atom stereocenters. The van der Waals surface area contributed by atoms with E-state index in [1.807, 2.05) is 6.07 Å². The highest BCUT2D eigenvalue weighted by Crippen LogP contribution is 2.10. The first-order valence-corrected chi connectivity index (χ1v) is 2.63. The molecule has 0 aromatic carbocycles. The maximum absolute atomic E-state index is 8.57. The molecule has 4 N–H and O–H groups in total. The molecule has 0 aliphatic heterocycles. The number of nitriles is 1. The van der Waals surface area contributed by atoms with Gasteiger partial charge in [-0.05, 0) is 0 Å². The lowest BCUT2D eigenvalue weighted by Crippen LogP contribution is -1.89. The van der Waals surface area contributed by atoms with Crippen molar-refractivity contribution >= 4 is 5.82 Å². The SMILES string of the molecule is N#Cc1c(CO)n[nH]c1N. The summed E-state index contributed by atoms with van der Waals surface area (Å²) in [7, 11) is 0. The lowest BCUT2D eigenvalue weighted by atomic mass is 10.2. The average Bonchev–Trinajstić information content (AvgIpc) is 2.30. The molecule has 1 aromatic heterocycles. The first-order valence-electron chi connectivity index (χ1n) is 2.63. The topological polar surface area (TPSA) is 98.7 Å². The number of anilines is 1. The van der Waals surface area contributed by atoms with E-state index in [0.717, 1.165) is 0 Å². The van der Waals surface area contributed by atoms with Crippen LogP contribution < -0.4 is 5.73 Å². The number of aliphatic hydroxyl groups is 1. The van der Waals surface area contributed by atoms with Crippen LogP contribution in [-0.4, -0.2) is 15.3 Å². The minimum atomic E-state index is -0.267. The molecule has 10 heavy (non-hydrogen) atoms. The number of aromatic amines is 1. The molecule has 0 saturated heterocycles. The highest BCUT2D eigenvalue weighted by molar-refractivity contribution is 5.50. The Labute approximate surface area is 57.1 Å². The average molecular weight is 138 g/mol. The van der Waals surface area contributed by atoms with Crippen molar-refractivity contribution in [2.24, 2.45) is 0 Å². The number of H-pyrrole nitrogens is 1. The molecule has 1 rings (SSSR count). The number of nitrogens with one attached hydrogen (secondary N) is 1. The Balaban J connectivity index is 3.17. The number of aliphatic hydroxyl groups excluding tert-OH is 1. The van der Waals surface area contributed by atoms with Crippen LogP contribution in [0.25, 0.3) is 0 Å².